The monoisotopic (exact) mass is 256 g/mol. The minimum absolute atomic E-state index is 0.0717. The molecular formula is C13H17FO4. The molecule has 1 fully saturated rings. The maximum Gasteiger partial charge on any atom is 0.163 e. The summed E-state index contributed by atoms with van der Waals surface area (Å²) in [4.78, 5) is 0. The average molecular weight is 256 g/mol. The third kappa shape index (κ3) is 2.42. The molecule has 1 N–H and O–H groups in total. The van der Waals surface area contributed by atoms with Crippen molar-refractivity contribution in [2.45, 2.75) is 12.5 Å². The van der Waals surface area contributed by atoms with Crippen molar-refractivity contribution >= 4 is 0 Å². The van der Waals surface area contributed by atoms with Gasteiger partial charge in [-0.2, -0.15) is 0 Å². The van der Waals surface area contributed by atoms with E-state index in [1.54, 1.807) is 0 Å². The van der Waals surface area contributed by atoms with Gasteiger partial charge in [-0.05, 0) is 12.5 Å². The molecule has 0 aromatic heterocycles. The van der Waals surface area contributed by atoms with Crippen LogP contribution in [0, 0.1) is 11.7 Å². The Morgan fingerprint density at radius 2 is 2.00 bits per heavy atom. The van der Waals surface area contributed by atoms with E-state index in [0.29, 0.717) is 24.7 Å². The van der Waals surface area contributed by atoms with Gasteiger partial charge in [-0.3, -0.25) is 0 Å². The largest absolute Gasteiger partial charge is 0.493 e. The predicted molar refractivity (Wildman–Crippen MR) is 63.4 cm³/mol. The van der Waals surface area contributed by atoms with Crippen LogP contribution in [0.25, 0.3) is 0 Å². The standard InChI is InChI=1S/C13H17FO4/c1-16-11-5-9(10(14)6-12(11)17-2)13(15)8-3-4-18-7-8/h5-6,8,13,15H,3-4,7H2,1-2H3. The maximum atomic E-state index is 13.9. The Morgan fingerprint density at radius 1 is 1.33 bits per heavy atom. The Balaban J connectivity index is 2.31. The van der Waals surface area contributed by atoms with Gasteiger partial charge in [0.25, 0.3) is 0 Å². The zero-order chi connectivity index (χ0) is 13.1. The lowest BCUT2D eigenvalue weighted by molar-refractivity contribution is 0.0886. The molecule has 0 bridgehead atoms. The van der Waals surface area contributed by atoms with E-state index in [2.05, 4.69) is 0 Å². The van der Waals surface area contributed by atoms with E-state index in [9.17, 15) is 9.50 Å². The Kier molecular flexibility index (Phi) is 4.04. The summed E-state index contributed by atoms with van der Waals surface area (Å²) in [6.45, 7) is 1.06. The zero-order valence-corrected chi connectivity index (χ0v) is 10.5. The summed E-state index contributed by atoms with van der Waals surface area (Å²) in [6.07, 6.45) is -0.151. The number of methoxy groups -OCH3 is 2. The van der Waals surface area contributed by atoms with Crippen molar-refractivity contribution < 1.29 is 23.7 Å². The summed E-state index contributed by atoms with van der Waals surface area (Å²) >= 11 is 0. The summed E-state index contributed by atoms with van der Waals surface area (Å²) in [7, 11) is 2.92. The highest BCUT2D eigenvalue weighted by atomic mass is 19.1. The van der Waals surface area contributed by atoms with Crippen molar-refractivity contribution in [3.8, 4) is 11.5 Å². The van der Waals surface area contributed by atoms with Crippen LogP contribution in [0.2, 0.25) is 0 Å². The Bertz CT molecular complexity index is 416. The molecule has 0 amide bonds. The number of aliphatic hydroxyl groups excluding tert-OH is 1. The summed E-state index contributed by atoms with van der Waals surface area (Å²) in [6, 6.07) is 2.71. The van der Waals surface area contributed by atoms with Gasteiger partial charge < -0.3 is 19.3 Å². The number of halogens is 1. The van der Waals surface area contributed by atoms with Crippen LogP contribution in [-0.4, -0.2) is 32.5 Å². The van der Waals surface area contributed by atoms with Gasteiger partial charge in [-0.1, -0.05) is 0 Å². The first kappa shape index (κ1) is 13.1. The molecular weight excluding hydrogens is 239 g/mol. The van der Waals surface area contributed by atoms with Crippen LogP contribution in [0.5, 0.6) is 11.5 Å². The number of benzene rings is 1. The molecule has 0 aliphatic carbocycles. The summed E-state index contributed by atoms with van der Waals surface area (Å²) in [5.41, 5.74) is 0.225. The molecule has 18 heavy (non-hydrogen) atoms. The van der Waals surface area contributed by atoms with Gasteiger partial charge in [0.05, 0.1) is 26.9 Å². The lowest BCUT2D eigenvalue weighted by atomic mass is 9.94. The molecule has 1 aromatic rings. The van der Waals surface area contributed by atoms with Gasteiger partial charge in [0, 0.05) is 24.2 Å². The lowest BCUT2D eigenvalue weighted by Crippen LogP contribution is -2.14. The molecule has 5 heteroatoms. The summed E-state index contributed by atoms with van der Waals surface area (Å²) in [5.74, 6) is 0.158. The molecule has 2 unspecified atom stereocenters. The average Bonchev–Trinajstić information content (AvgIpc) is 2.91. The first-order chi connectivity index (χ1) is 8.67. The van der Waals surface area contributed by atoms with Crippen LogP contribution in [0.15, 0.2) is 12.1 Å². The van der Waals surface area contributed by atoms with E-state index in [-0.39, 0.29) is 11.5 Å². The minimum Gasteiger partial charge on any atom is -0.493 e. The highest BCUT2D eigenvalue weighted by Gasteiger charge is 2.28. The molecule has 2 atom stereocenters. The van der Waals surface area contributed by atoms with E-state index < -0.39 is 11.9 Å². The molecule has 0 saturated carbocycles. The second-order valence-electron chi connectivity index (χ2n) is 4.30. The van der Waals surface area contributed by atoms with Crippen LogP contribution < -0.4 is 9.47 Å². The third-order valence-electron chi connectivity index (χ3n) is 3.23. The normalized spacial score (nSPS) is 20.8. The molecule has 1 aliphatic rings. The molecule has 1 aliphatic heterocycles. The molecule has 1 saturated heterocycles. The van der Waals surface area contributed by atoms with Crippen molar-refractivity contribution in [1.29, 1.82) is 0 Å². The third-order valence-corrected chi connectivity index (χ3v) is 3.23. The molecule has 100 valence electrons. The van der Waals surface area contributed by atoms with Gasteiger partial charge in [-0.25, -0.2) is 4.39 Å². The Labute approximate surface area is 105 Å². The minimum atomic E-state index is -0.882. The Hall–Kier alpha value is -1.33. The predicted octanol–water partition coefficient (Wildman–Crippen LogP) is 1.91. The molecule has 0 spiro atoms. The van der Waals surface area contributed by atoms with Crippen molar-refractivity contribution in [1.82, 2.24) is 0 Å². The highest BCUT2D eigenvalue weighted by molar-refractivity contribution is 5.44. The summed E-state index contributed by atoms with van der Waals surface area (Å²) < 4.78 is 29.2. The lowest BCUT2D eigenvalue weighted by Gasteiger charge is -2.19. The Morgan fingerprint density at radius 3 is 2.56 bits per heavy atom. The molecule has 1 heterocycles. The number of hydrogen-bond acceptors (Lipinski definition) is 4. The van der Waals surface area contributed by atoms with E-state index >= 15 is 0 Å². The SMILES string of the molecule is COc1cc(F)c(C(O)C2CCOC2)cc1OC. The summed E-state index contributed by atoms with van der Waals surface area (Å²) in [5, 5.41) is 10.2. The first-order valence-corrected chi connectivity index (χ1v) is 5.84. The number of aliphatic hydroxyl groups is 1. The maximum absolute atomic E-state index is 13.9. The van der Waals surface area contributed by atoms with Crippen LogP contribution in [0.3, 0.4) is 0 Å². The van der Waals surface area contributed by atoms with E-state index in [4.69, 9.17) is 14.2 Å². The van der Waals surface area contributed by atoms with Crippen molar-refractivity contribution in [2.75, 3.05) is 27.4 Å². The van der Waals surface area contributed by atoms with E-state index in [0.717, 1.165) is 6.42 Å². The van der Waals surface area contributed by atoms with Crippen LogP contribution in [0.4, 0.5) is 4.39 Å². The van der Waals surface area contributed by atoms with Gasteiger partial charge in [0.1, 0.15) is 5.82 Å². The van der Waals surface area contributed by atoms with Gasteiger partial charge in [-0.15, -0.1) is 0 Å². The molecule has 4 nitrogen and oxygen atoms in total. The number of rotatable bonds is 4. The second kappa shape index (κ2) is 5.54. The topological polar surface area (TPSA) is 47.9 Å². The molecule has 0 radical (unpaired) electrons. The fourth-order valence-corrected chi connectivity index (χ4v) is 2.15. The van der Waals surface area contributed by atoms with E-state index in [1.807, 2.05) is 0 Å². The highest BCUT2D eigenvalue weighted by Crippen LogP contribution is 2.36. The van der Waals surface area contributed by atoms with Crippen molar-refractivity contribution in [3.05, 3.63) is 23.5 Å². The molecule has 1 aromatic carbocycles. The van der Waals surface area contributed by atoms with Crippen molar-refractivity contribution in [2.24, 2.45) is 5.92 Å². The number of ether oxygens (including phenoxy) is 3. The van der Waals surface area contributed by atoms with Crippen molar-refractivity contribution in [3.63, 3.8) is 0 Å². The van der Waals surface area contributed by atoms with Gasteiger partial charge in [0.2, 0.25) is 0 Å². The zero-order valence-electron chi connectivity index (χ0n) is 10.5. The van der Waals surface area contributed by atoms with E-state index in [1.165, 1.54) is 26.4 Å². The van der Waals surface area contributed by atoms with Gasteiger partial charge >= 0.3 is 0 Å². The van der Waals surface area contributed by atoms with Gasteiger partial charge in [0.15, 0.2) is 11.5 Å². The van der Waals surface area contributed by atoms with Crippen LogP contribution in [0.1, 0.15) is 18.1 Å². The number of hydrogen-bond donors (Lipinski definition) is 1. The fourth-order valence-electron chi connectivity index (χ4n) is 2.15. The quantitative estimate of drug-likeness (QED) is 0.894. The molecule has 2 rings (SSSR count). The smallest absolute Gasteiger partial charge is 0.163 e. The first-order valence-electron chi connectivity index (χ1n) is 5.84. The second-order valence-corrected chi connectivity index (χ2v) is 4.30. The van der Waals surface area contributed by atoms with Crippen LogP contribution in [-0.2, 0) is 4.74 Å². The van der Waals surface area contributed by atoms with Crippen LogP contribution >= 0.6 is 0 Å². The fraction of sp³-hybridized carbons (Fsp3) is 0.538.